The van der Waals surface area contributed by atoms with E-state index in [-0.39, 0.29) is 18.2 Å². The van der Waals surface area contributed by atoms with E-state index in [2.05, 4.69) is 21.4 Å². The molecule has 8 heteroatoms. The standard InChI is InChI=1S/C22H22F2N4O.ClH/c1-13-19(10-14-4-2-3-5-20(14)29-22(23)24)28-12-18(25-11-21(28)26-13)15-8-16-6-7-17(9-15)27-16;/h2-5,8,11-12,16-17,22,27H,6-7,9-10H2,1H3;1H. The molecule has 1 saturated heterocycles. The van der Waals surface area contributed by atoms with E-state index in [9.17, 15) is 8.78 Å². The van der Waals surface area contributed by atoms with Crippen LogP contribution in [-0.4, -0.2) is 33.1 Å². The Labute approximate surface area is 179 Å². The highest BCUT2D eigenvalue weighted by Gasteiger charge is 2.29. The molecule has 0 saturated carbocycles. The maximum Gasteiger partial charge on any atom is 0.387 e. The van der Waals surface area contributed by atoms with Crippen molar-refractivity contribution in [3.8, 4) is 5.75 Å². The second-order valence-electron chi connectivity index (χ2n) is 7.75. The van der Waals surface area contributed by atoms with E-state index in [1.54, 1.807) is 18.3 Å². The monoisotopic (exact) mass is 432 g/mol. The average Bonchev–Trinajstić information content (AvgIpc) is 3.20. The lowest BCUT2D eigenvalue weighted by atomic mass is 10.0. The summed E-state index contributed by atoms with van der Waals surface area (Å²) in [5.74, 6) is 0.198. The topological polar surface area (TPSA) is 51.5 Å². The summed E-state index contributed by atoms with van der Waals surface area (Å²) in [5, 5.41) is 3.60. The zero-order valence-corrected chi connectivity index (χ0v) is 17.3. The molecule has 3 aromatic rings. The molecule has 1 aromatic carbocycles. The van der Waals surface area contributed by atoms with Crippen molar-refractivity contribution in [3.05, 3.63) is 65.4 Å². The van der Waals surface area contributed by atoms with Gasteiger partial charge in [-0.3, -0.25) is 4.98 Å². The highest BCUT2D eigenvalue weighted by molar-refractivity contribution is 5.85. The molecule has 2 aliphatic heterocycles. The van der Waals surface area contributed by atoms with Gasteiger partial charge in [0.1, 0.15) is 5.75 Å². The summed E-state index contributed by atoms with van der Waals surface area (Å²) in [6, 6.07) is 7.87. The minimum Gasteiger partial charge on any atom is -0.435 e. The number of aromatic nitrogens is 3. The number of para-hydroxylation sites is 1. The average molecular weight is 433 g/mol. The molecular weight excluding hydrogens is 410 g/mol. The number of fused-ring (bicyclic) bond motifs is 3. The van der Waals surface area contributed by atoms with Gasteiger partial charge < -0.3 is 14.5 Å². The van der Waals surface area contributed by atoms with Gasteiger partial charge in [-0.25, -0.2) is 4.98 Å². The molecule has 30 heavy (non-hydrogen) atoms. The molecule has 2 atom stereocenters. The number of rotatable bonds is 5. The Kier molecular flexibility index (Phi) is 5.75. The predicted molar refractivity (Wildman–Crippen MR) is 113 cm³/mol. The van der Waals surface area contributed by atoms with Crippen LogP contribution < -0.4 is 10.1 Å². The highest BCUT2D eigenvalue weighted by atomic mass is 35.5. The summed E-state index contributed by atoms with van der Waals surface area (Å²) in [6.45, 7) is -0.916. The van der Waals surface area contributed by atoms with Gasteiger partial charge in [0.2, 0.25) is 0 Å². The van der Waals surface area contributed by atoms with Gasteiger partial charge in [-0.1, -0.05) is 24.3 Å². The number of imidazole rings is 1. The molecule has 5 nitrogen and oxygen atoms in total. The lowest BCUT2D eigenvalue weighted by Gasteiger charge is -2.21. The fourth-order valence-corrected chi connectivity index (χ4v) is 4.45. The van der Waals surface area contributed by atoms with Crippen LogP contribution in [0.3, 0.4) is 0 Å². The van der Waals surface area contributed by atoms with E-state index in [1.165, 1.54) is 18.4 Å². The first-order valence-corrected chi connectivity index (χ1v) is 9.90. The molecule has 2 bridgehead atoms. The van der Waals surface area contributed by atoms with E-state index in [0.717, 1.165) is 29.1 Å². The molecule has 158 valence electrons. The van der Waals surface area contributed by atoms with Gasteiger partial charge in [0, 0.05) is 30.3 Å². The highest BCUT2D eigenvalue weighted by Crippen LogP contribution is 2.32. The summed E-state index contributed by atoms with van der Waals surface area (Å²) in [7, 11) is 0. The van der Waals surface area contributed by atoms with Crippen LogP contribution in [0.25, 0.3) is 11.2 Å². The Morgan fingerprint density at radius 3 is 2.90 bits per heavy atom. The van der Waals surface area contributed by atoms with Crippen molar-refractivity contribution >= 4 is 23.6 Å². The van der Waals surface area contributed by atoms with Crippen molar-refractivity contribution in [2.75, 3.05) is 0 Å². The van der Waals surface area contributed by atoms with Crippen LogP contribution in [-0.2, 0) is 6.42 Å². The van der Waals surface area contributed by atoms with Gasteiger partial charge in [-0.15, -0.1) is 12.4 Å². The third-order valence-corrected chi connectivity index (χ3v) is 5.83. The van der Waals surface area contributed by atoms with Gasteiger partial charge in [-0.2, -0.15) is 8.78 Å². The summed E-state index contributed by atoms with van der Waals surface area (Å²) in [6.07, 6.45) is 9.90. The Hall–Kier alpha value is -2.51. The first-order valence-electron chi connectivity index (χ1n) is 9.90. The number of hydrogen-bond acceptors (Lipinski definition) is 4. The van der Waals surface area contributed by atoms with Crippen LogP contribution in [0, 0.1) is 6.92 Å². The zero-order chi connectivity index (χ0) is 20.0. The van der Waals surface area contributed by atoms with Crippen molar-refractivity contribution in [2.24, 2.45) is 0 Å². The van der Waals surface area contributed by atoms with E-state index in [4.69, 9.17) is 4.74 Å². The molecule has 5 rings (SSSR count). The van der Waals surface area contributed by atoms with Gasteiger partial charge in [0.15, 0.2) is 5.65 Å². The lowest BCUT2D eigenvalue weighted by molar-refractivity contribution is -0.0503. The van der Waals surface area contributed by atoms with Crippen LogP contribution in [0.5, 0.6) is 5.75 Å². The number of benzene rings is 1. The number of alkyl halides is 2. The molecule has 1 fully saturated rings. The molecule has 1 N–H and O–H groups in total. The van der Waals surface area contributed by atoms with Crippen LogP contribution in [0.1, 0.15) is 41.9 Å². The summed E-state index contributed by atoms with van der Waals surface area (Å²) < 4.78 is 32.3. The molecule has 4 heterocycles. The van der Waals surface area contributed by atoms with E-state index in [1.807, 2.05) is 29.7 Å². The van der Waals surface area contributed by atoms with Gasteiger partial charge in [0.25, 0.3) is 0 Å². The number of nitrogens with zero attached hydrogens (tertiary/aromatic N) is 3. The van der Waals surface area contributed by atoms with Crippen LogP contribution >= 0.6 is 12.4 Å². The molecule has 2 aliphatic rings. The normalized spacial score (nSPS) is 20.3. The van der Waals surface area contributed by atoms with Gasteiger partial charge >= 0.3 is 6.61 Å². The molecule has 0 aliphatic carbocycles. The first-order chi connectivity index (χ1) is 14.1. The summed E-state index contributed by atoms with van der Waals surface area (Å²) in [5.41, 5.74) is 5.48. The smallest absolute Gasteiger partial charge is 0.387 e. The largest absolute Gasteiger partial charge is 0.435 e. The molecule has 2 aromatic heterocycles. The Morgan fingerprint density at radius 1 is 1.27 bits per heavy atom. The quantitative estimate of drug-likeness (QED) is 0.642. The number of hydrogen-bond donors (Lipinski definition) is 1. The van der Waals surface area contributed by atoms with Crippen molar-refractivity contribution < 1.29 is 13.5 Å². The molecule has 2 unspecified atom stereocenters. The van der Waals surface area contributed by atoms with Crippen LogP contribution in [0.15, 0.2) is 42.7 Å². The SMILES string of the molecule is Cc1nc2cnc(C3=CC4CCC(C3)N4)cn2c1Cc1ccccc1OC(F)F.Cl. The van der Waals surface area contributed by atoms with E-state index in [0.29, 0.717) is 24.1 Å². The number of nitrogens with one attached hydrogen (secondary N) is 1. The third kappa shape index (κ3) is 3.91. The van der Waals surface area contributed by atoms with E-state index >= 15 is 0 Å². The van der Waals surface area contributed by atoms with Crippen molar-refractivity contribution in [1.29, 1.82) is 0 Å². The second-order valence-corrected chi connectivity index (χ2v) is 7.75. The molecule has 0 amide bonds. The maximum absolute atomic E-state index is 12.8. The first kappa shape index (κ1) is 20.8. The van der Waals surface area contributed by atoms with Crippen molar-refractivity contribution in [2.45, 2.75) is 51.3 Å². The summed E-state index contributed by atoms with van der Waals surface area (Å²) in [4.78, 5) is 9.25. The minimum absolute atomic E-state index is 0. The van der Waals surface area contributed by atoms with E-state index < -0.39 is 6.61 Å². The fraction of sp³-hybridized carbons (Fsp3) is 0.364. The van der Waals surface area contributed by atoms with Gasteiger partial charge in [0.05, 0.1) is 23.3 Å². The Morgan fingerprint density at radius 2 is 2.10 bits per heavy atom. The summed E-state index contributed by atoms with van der Waals surface area (Å²) >= 11 is 0. The number of ether oxygens (including phenoxy) is 1. The Bertz CT molecular complexity index is 1100. The minimum atomic E-state index is -2.85. The fourth-order valence-electron chi connectivity index (χ4n) is 4.45. The molecular formula is C22H23ClF2N4O. The second kappa shape index (κ2) is 8.32. The Balaban J connectivity index is 0.00000218. The zero-order valence-electron chi connectivity index (χ0n) is 16.5. The third-order valence-electron chi connectivity index (χ3n) is 5.83. The number of halogens is 3. The van der Waals surface area contributed by atoms with Crippen LogP contribution in [0.2, 0.25) is 0 Å². The van der Waals surface area contributed by atoms with Crippen molar-refractivity contribution in [3.63, 3.8) is 0 Å². The maximum atomic E-state index is 12.8. The number of aryl methyl sites for hydroxylation is 1. The van der Waals surface area contributed by atoms with Crippen molar-refractivity contribution in [1.82, 2.24) is 19.7 Å². The van der Waals surface area contributed by atoms with Crippen LogP contribution in [0.4, 0.5) is 8.78 Å². The molecule has 0 spiro atoms. The lowest BCUT2D eigenvalue weighted by Crippen LogP contribution is -2.32. The van der Waals surface area contributed by atoms with Gasteiger partial charge in [-0.05, 0) is 37.8 Å². The molecule has 0 radical (unpaired) electrons. The predicted octanol–water partition coefficient (Wildman–Crippen LogP) is 4.56.